The van der Waals surface area contributed by atoms with Crippen LogP contribution in [0.3, 0.4) is 0 Å². The monoisotopic (exact) mass is 279 g/mol. The van der Waals surface area contributed by atoms with E-state index in [9.17, 15) is 9.18 Å². The molecule has 0 bridgehead atoms. The lowest BCUT2D eigenvalue weighted by Crippen LogP contribution is -2.54. The number of amidine groups is 1. The van der Waals surface area contributed by atoms with E-state index in [0.717, 1.165) is 12.0 Å². The molecule has 0 saturated heterocycles. The average molecular weight is 279 g/mol. The Bertz CT molecular complexity index is 527. The van der Waals surface area contributed by atoms with Crippen molar-refractivity contribution in [3.8, 4) is 0 Å². The second-order valence-electron chi connectivity index (χ2n) is 5.06. The van der Waals surface area contributed by atoms with Crippen molar-refractivity contribution >= 4 is 11.7 Å². The van der Waals surface area contributed by atoms with Gasteiger partial charge in [0.2, 0.25) is 5.91 Å². The molecule has 1 aliphatic carbocycles. The second kappa shape index (κ2) is 5.90. The summed E-state index contributed by atoms with van der Waals surface area (Å²) in [5.74, 6) is -0.552. The van der Waals surface area contributed by atoms with Crippen molar-refractivity contribution in [1.82, 2.24) is 5.32 Å². The lowest BCUT2D eigenvalue weighted by Gasteiger charge is -2.38. The van der Waals surface area contributed by atoms with E-state index < -0.39 is 5.41 Å². The number of rotatable bonds is 5. The largest absolute Gasteiger partial charge is 0.409 e. The molecule has 0 heterocycles. The van der Waals surface area contributed by atoms with Crippen LogP contribution < -0.4 is 11.1 Å². The van der Waals surface area contributed by atoms with Crippen LogP contribution in [0.1, 0.15) is 24.8 Å². The molecule has 1 saturated carbocycles. The van der Waals surface area contributed by atoms with Crippen LogP contribution in [0.2, 0.25) is 0 Å². The third-order valence-electron chi connectivity index (χ3n) is 3.83. The topological polar surface area (TPSA) is 87.7 Å². The number of amides is 1. The third-order valence-corrected chi connectivity index (χ3v) is 3.83. The molecule has 1 aromatic carbocycles. The van der Waals surface area contributed by atoms with Gasteiger partial charge in [-0.3, -0.25) is 4.79 Å². The second-order valence-corrected chi connectivity index (χ2v) is 5.06. The maximum Gasteiger partial charge on any atom is 0.233 e. The number of nitrogens with zero attached hydrogens (tertiary/aromatic N) is 1. The smallest absolute Gasteiger partial charge is 0.233 e. The normalized spacial score (nSPS) is 17.4. The fraction of sp³-hybridized carbons (Fsp3) is 0.429. The zero-order valence-electron chi connectivity index (χ0n) is 11.1. The van der Waals surface area contributed by atoms with E-state index in [1.807, 2.05) is 0 Å². The first-order valence-corrected chi connectivity index (χ1v) is 6.59. The van der Waals surface area contributed by atoms with Crippen LogP contribution in [0.25, 0.3) is 0 Å². The van der Waals surface area contributed by atoms with Gasteiger partial charge in [-0.05, 0) is 37.0 Å². The van der Waals surface area contributed by atoms with Crippen molar-refractivity contribution in [2.75, 3.05) is 6.54 Å². The van der Waals surface area contributed by atoms with Gasteiger partial charge in [0.05, 0.1) is 0 Å². The van der Waals surface area contributed by atoms with E-state index in [-0.39, 0.29) is 17.6 Å². The first-order chi connectivity index (χ1) is 9.58. The van der Waals surface area contributed by atoms with Gasteiger partial charge >= 0.3 is 0 Å². The molecule has 1 aliphatic rings. The highest BCUT2D eigenvalue weighted by atomic mass is 19.1. The summed E-state index contributed by atoms with van der Waals surface area (Å²) in [5, 5.41) is 14.5. The quantitative estimate of drug-likeness (QED) is 0.329. The molecule has 108 valence electrons. The van der Waals surface area contributed by atoms with Gasteiger partial charge in [0.1, 0.15) is 11.2 Å². The number of hydrogen-bond donors (Lipinski definition) is 3. The highest BCUT2D eigenvalue weighted by Gasteiger charge is 2.48. The van der Waals surface area contributed by atoms with Crippen molar-refractivity contribution < 1.29 is 14.4 Å². The standard InChI is InChI=1S/C14H18FN3O2/c15-11-4-1-3-10(9-11)5-8-17-13(19)14(6-2-7-14)12(16)18-20/h1,3-4,9,20H,2,5-8H2,(H2,16,18)(H,17,19). The Kier molecular flexibility index (Phi) is 4.22. The lowest BCUT2D eigenvalue weighted by atomic mass is 9.67. The molecule has 2 rings (SSSR count). The molecule has 1 aromatic rings. The number of hydrogen-bond acceptors (Lipinski definition) is 3. The maximum absolute atomic E-state index is 13.0. The lowest BCUT2D eigenvalue weighted by molar-refractivity contribution is -0.131. The van der Waals surface area contributed by atoms with Gasteiger partial charge in [0, 0.05) is 6.54 Å². The summed E-state index contributed by atoms with van der Waals surface area (Å²) in [6, 6.07) is 6.26. The number of carbonyl (C=O) groups is 1. The molecular formula is C14H18FN3O2. The van der Waals surface area contributed by atoms with E-state index >= 15 is 0 Å². The predicted octanol–water partition coefficient (Wildman–Crippen LogP) is 1.40. The third kappa shape index (κ3) is 2.74. The van der Waals surface area contributed by atoms with Crippen molar-refractivity contribution in [2.45, 2.75) is 25.7 Å². The van der Waals surface area contributed by atoms with Crippen LogP contribution in [0.15, 0.2) is 29.4 Å². The molecule has 4 N–H and O–H groups in total. The number of benzene rings is 1. The van der Waals surface area contributed by atoms with E-state index in [1.165, 1.54) is 12.1 Å². The van der Waals surface area contributed by atoms with Gasteiger partial charge in [-0.2, -0.15) is 0 Å². The van der Waals surface area contributed by atoms with E-state index in [4.69, 9.17) is 10.9 Å². The number of nitrogens with two attached hydrogens (primary N) is 1. The molecule has 0 radical (unpaired) electrons. The summed E-state index contributed by atoms with van der Waals surface area (Å²) in [4.78, 5) is 12.1. The van der Waals surface area contributed by atoms with Crippen LogP contribution >= 0.6 is 0 Å². The Labute approximate surface area is 116 Å². The number of oxime groups is 1. The summed E-state index contributed by atoms with van der Waals surface area (Å²) >= 11 is 0. The first kappa shape index (κ1) is 14.3. The summed E-state index contributed by atoms with van der Waals surface area (Å²) in [5.41, 5.74) is 5.56. The zero-order chi connectivity index (χ0) is 14.6. The van der Waals surface area contributed by atoms with Crippen LogP contribution in [0, 0.1) is 11.2 Å². The first-order valence-electron chi connectivity index (χ1n) is 6.59. The molecule has 0 spiro atoms. The minimum absolute atomic E-state index is 0.0352. The van der Waals surface area contributed by atoms with Crippen molar-refractivity contribution in [3.63, 3.8) is 0 Å². The predicted molar refractivity (Wildman–Crippen MR) is 72.8 cm³/mol. The Morgan fingerprint density at radius 2 is 2.25 bits per heavy atom. The number of halogens is 1. The summed E-state index contributed by atoms with van der Waals surface area (Å²) in [7, 11) is 0. The SMILES string of the molecule is N/C(=N/O)C1(C(=O)NCCc2cccc(F)c2)CCC1. The van der Waals surface area contributed by atoms with Crippen LogP contribution in [0.5, 0.6) is 0 Å². The Morgan fingerprint density at radius 1 is 1.50 bits per heavy atom. The maximum atomic E-state index is 13.0. The number of carbonyl (C=O) groups excluding carboxylic acids is 1. The molecule has 1 fully saturated rings. The van der Waals surface area contributed by atoms with Gasteiger partial charge in [-0.1, -0.05) is 23.7 Å². The van der Waals surface area contributed by atoms with Gasteiger partial charge in [0.15, 0.2) is 5.84 Å². The van der Waals surface area contributed by atoms with Crippen LogP contribution in [-0.4, -0.2) is 23.5 Å². The van der Waals surface area contributed by atoms with Crippen LogP contribution in [-0.2, 0) is 11.2 Å². The van der Waals surface area contributed by atoms with Crippen molar-refractivity contribution in [3.05, 3.63) is 35.6 Å². The average Bonchev–Trinajstić information content (AvgIpc) is 2.37. The van der Waals surface area contributed by atoms with Gasteiger partial charge < -0.3 is 16.3 Å². The van der Waals surface area contributed by atoms with Crippen molar-refractivity contribution in [1.29, 1.82) is 0 Å². The molecule has 0 aliphatic heterocycles. The minimum atomic E-state index is -0.864. The van der Waals surface area contributed by atoms with E-state index in [1.54, 1.807) is 12.1 Å². The summed E-state index contributed by atoms with van der Waals surface area (Å²) < 4.78 is 13.0. The molecule has 0 aromatic heterocycles. The van der Waals surface area contributed by atoms with E-state index in [0.29, 0.717) is 25.8 Å². The fourth-order valence-corrected chi connectivity index (χ4v) is 2.41. The van der Waals surface area contributed by atoms with Crippen LogP contribution in [0.4, 0.5) is 4.39 Å². The Hall–Kier alpha value is -2.11. The molecule has 6 heteroatoms. The van der Waals surface area contributed by atoms with Gasteiger partial charge in [-0.25, -0.2) is 4.39 Å². The van der Waals surface area contributed by atoms with Gasteiger partial charge in [-0.15, -0.1) is 0 Å². The van der Waals surface area contributed by atoms with Crippen molar-refractivity contribution in [2.24, 2.45) is 16.3 Å². The Morgan fingerprint density at radius 3 is 2.80 bits per heavy atom. The summed E-state index contributed by atoms with van der Waals surface area (Å²) in [6.07, 6.45) is 2.60. The number of nitrogens with one attached hydrogen (secondary N) is 1. The fourth-order valence-electron chi connectivity index (χ4n) is 2.41. The highest BCUT2D eigenvalue weighted by molar-refractivity contribution is 6.07. The molecule has 20 heavy (non-hydrogen) atoms. The molecule has 0 unspecified atom stereocenters. The minimum Gasteiger partial charge on any atom is -0.409 e. The summed E-state index contributed by atoms with van der Waals surface area (Å²) in [6.45, 7) is 0.392. The van der Waals surface area contributed by atoms with Gasteiger partial charge in [0.25, 0.3) is 0 Å². The zero-order valence-corrected chi connectivity index (χ0v) is 11.1. The highest BCUT2D eigenvalue weighted by Crippen LogP contribution is 2.41. The molecule has 1 amide bonds. The molecule has 0 atom stereocenters. The van der Waals surface area contributed by atoms with E-state index in [2.05, 4.69) is 10.5 Å². The Balaban J connectivity index is 1.89. The molecular weight excluding hydrogens is 261 g/mol. The molecule has 5 nitrogen and oxygen atoms in total.